The molecular formula is C14H9F4N5O. The first-order valence-electron chi connectivity index (χ1n) is 6.59. The second-order valence-corrected chi connectivity index (χ2v) is 4.70. The van der Waals surface area contributed by atoms with Gasteiger partial charge in [-0.15, -0.1) is 0 Å². The molecule has 0 bridgehead atoms. The Kier molecular flexibility index (Phi) is 4.02. The molecule has 0 radical (unpaired) electrons. The van der Waals surface area contributed by atoms with Crippen LogP contribution in [0.15, 0.2) is 36.7 Å². The highest BCUT2D eigenvalue weighted by Crippen LogP contribution is 2.26. The smallest absolute Gasteiger partial charge is 0.305 e. The number of nitrogens with zero attached hydrogens (tertiary/aromatic N) is 3. The van der Waals surface area contributed by atoms with Gasteiger partial charge in [0.1, 0.15) is 11.6 Å². The minimum Gasteiger partial charge on any atom is -0.305 e. The quantitative estimate of drug-likeness (QED) is 0.717. The number of alkyl halides is 2. The SMILES string of the molecule is O=C(Nc1cc(-c2c(F)cccc2F)[nH]n1)c1cnn(C(F)F)c1. The second-order valence-electron chi connectivity index (χ2n) is 4.70. The predicted molar refractivity (Wildman–Crippen MR) is 75.4 cm³/mol. The van der Waals surface area contributed by atoms with E-state index in [2.05, 4.69) is 20.6 Å². The molecule has 24 heavy (non-hydrogen) atoms. The zero-order chi connectivity index (χ0) is 17.3. The van der Waals surface area contributed by atoms with E-state index < -0.39 is 24.1 Å². The van der Waals surface area contributed by atoms with Gasteiger partial charge in [0.25, 0.3) is 5.91 Å². The van der Waals surface area contributed by atoms with Crippen LogP contribution >= 0.6 is 0 Å². The molecule has 10 heteroatoms. The highest BCUT2D eigenvalue weighted by Gasteiger charge is 2.17. The lowest BCUT2D eigenvalue weighted by atomic mass is 10.1. The third-order valence-electron chi connectivity index (χ3n) is 3.12. The summed E-state index contributed by atoms with van der Waals surface area (Å²) in [5.74, 6) is -2.36. The van der Waals surface area contributed by atoms with Gasteiger partial charge in [-0.1, -0.05) is 6.07 Å². The molecule has 0 fully saturated rings. The van der Waals surface area contributed by atoms with Crippen LogP contribution in [0.1, 0.15) is 16.9 Å². The maximum absolute atomic E-state index is 13.7. The van der Waals surface area contributed by atoms with E-state index in [9.17, 15) is 22.4 Å². The molecule has 2 aromatic heterocycles. The number of carbonyl (C=O) groups is 1. The number of benzene rings is 1. The van der Waals surface area contributed by atoms with Crippen LogP contribution in [-0.4, -0.2) is 25.9 Å². The Bertz CT molecular complexity index is 869. The van der Waals surface area contributed by atoms with Gasteiger partial charge < -0.3 is 5.32 Å². The highest BCUT2D eigenvalue weighted by atomic mass is 19.3. The van der Waals surface area contributed by atoms with Crippen molar-refractivity contribution in [1.82, 2.24) is 20.0 Å². The van der Waals surface area contributed by atoms with Crippen molar-refractivity contribution >= 4 is 11.7 Å². The Balaban J connectivity index is 1.80. The number of amides is 1. The predicted octanol–water partition coefficient (Wildman–Crippen LogP) is 3.20. The van der Waals surface area contributed by atoms with Gasteiger partial charge in [-0.3, -0.25) is 9.89 Å². The molecule has 2 N–H and O–H groups in total. The van der Waals surface area contributed by atoms with Crippen molar-refractivity contribution < 1.29 is 22.4 Å². The number of hydrogen-bond donors (Lipinski definition) is 2. The molecule has 0 aliphatic rings. The van der Waals surface area contributed by atoms with Crippen LogP contribution in [-0.2, 0) is 0 Å². The van der Waals surface area contributed by atoms with Gasteiger partial charge in [-0.2, -0.15) is 19.0 Å². The lowest BCUT2D eigenvalue weighted by molar-refractivity contribution is 0.0565. The summed E-state index contributed by atoms with van der Waals surface area (Å²) in [6, 6.07) is 4.59. The number of nitrogens with one attached hydrogen (secondary N) is 2. The monoisotopic (exact) mass is 339 g/mol. The average molecular weight is 339 g/mol. The number of H-pyrrole nitrogens is 1. The third kappa shape index (κ3) is 2.98. The van der Waals surface area contributed by atoms with Crippen molar-refractivity contribution in [3.8, 4) is 11.3 Å². The Morgan fingerprint density at radius 3 is 2.58 bits per heavy atom. The van der Waals surface area contributed by atoms with E-state index in [0.29, 0.717) is 4.68 Å². The lowest BCUT2D eigenvalue weighted by Crippen LogP contribution is -2.11. The Morgan fingerprint density at radius 2 is 1.96 bits per heavy atom. The Morgan fingerprint density at radius 1 is 1.25 bits per heavy atom. The molecule has 1 aromatic carbocycles. The summed E-state index contributed by atoms with van der Waals surface area (Å²) in [4.78, 5) is 11.9. The van der Waals surface area contributed by atoms with Crippen LogP contribution in [0, 0.1) is 11.6 Å². The summed E-state index contributed by atoms with van der Waals surface area (Å²) >= 11 is 0. The number of hydrogen-bond acceptors (Lipinski definition) is 3. The van der Waals surface area contributed by atoms with Crippen LogP contribution < -0.4 is 5.32 Å². The first-order chi connectivity index (χ1) is 11.5. The zero-order valence-electron chi connectivity index (χ0n) is 11.8. The standard InChI is InChI=1S/C14H9F4N5O/c15-8-2-1-3-9(16)12(8)10-4-11(22-21-10)20-13(24)7-5-19-23(6-7)14(17)18/h1-6,14H,(H2,20,21,22,24). The van der Waals surface area contributed by atoms with Gasteiger partial charge in [-0.25, -0.2) is 13.5 Å². The number of carbonyl (C=O) groups excluding carboxylic acids is 1. The topological polar surface area (TPSA) is 75.6 Å². The zero-order valence-corrected chi connectivity index (χ0v) is 11.8. The van der Waals surface area contributed by atoms with Crippen LogP contribution in [0.4, 0.5) is 23.4 Å². The van der Waals surface area contributed by atoms with E-state index >= 15 is 0 Å². The first-order valence-corrected chi connectivity index (χ1v) is 6.59. The van der Waals surface area contributed by atoms with Crippen molar-refractivity contribution in [3.63, 3.8) is 0 Å². The van der Waals surface area contributed by atoms with E-state index in [0.717, 1.165) is 24.5 Å². The number of halogens is 4. The molecule has 2 heterocycles. The Hall–Kier alpha value is -3.17. The normalized spacial score (nSPS) is 11.0. The summed E-state index contributed by atoms with van der Waals surface area (Å²) in [7, 11) is 0. The molecule has 3 rings (SSSR count). The first kappa shape index (κ1) is 15.7. The van der Waals surface area contributed by atoms with Gasteiger partial charge >= 0.3 is 6.55 Å². The minimum atomic E-state index is -2.87. The maximum atomic E-state index is 13.7. The summed E-state index contributed by atoms with van der Waals surface area (Å²) in [5, 5.41) is 11.8. The van der Waals surface area contributed by atoms with Crippen LogP contribution in [0.25, 0.3) is 11.3 Å². The van der Waals surface area contributed by atoms with Crippen molar-refractivity contribution in [2.45, 2.75) is 6.55 Å². The fraction of sp³-hybridized carbons (Fsp3) is 0.0714. The van der Waals surface area contributed by atoms with E-state index in [1.165, 1.54) is 12.1 Å². The van der Waals surface area contributed by atoms with Crippen LogP contribution in [0.3, 0.4) is 0 Å². The van der Waals surface area contributed by atoms with Crippen LogP contribution in [0.5, 0.6) is 0 Å². The molecule has 0 spiro atoms. The molecule has 0 saturated heterocycles. The fourth-order valence-electron chi connectivity index (χ4n) is 2.02. The van der Waals surface area contributed by atoms with E-state index in [4.69, 9.17) is 0 Å². The minimum absolute atomic E-state index is 0.0178. The lowest BCUT2D eigenvalue weighted by Gasteiger charge is -2.00. The highest BCUT2D eigenvalue weighted by molar-refractivity contribution is 6.03. The van der Waals surface area contributed by atoms with Crippen molar-refractivity contribution in [1.29, 1.82) is 0 Å². The number of aromatic nitrogens is 4. The van der Waals surface area contributed by atoms with Gasteiger partial charge in [0.05, 0.1) is 23.0 Å². The van der Waals surface area contributed by atoms with E-state index in [1.807, 2.05) is 0 Å². The molecule has 3 aromatic rings. The molecule has 1 amide bonds. The number of anilines is 1. The van der Waals surface area contributed by atoms with Gasteiger partial charge in [-0.05, 0) is 12.1 Å². The Labute approximate surface area is 132 Å². The van der Waals surface area contributed by atoms with E-state index in [-0.39, 0.29) is 22.6 Å². The summed E-state index contributed by atoms with van der Waals surface area (Å²) < 4.78 is 52.5. The third-order valence-corrected chi connectivity index (χ3v) is 3.12. The van der Waals surface area contributed by atoms with Gasteiger partial charge in [0.2, 0.25) is 0 Å². The van der Waals surface area contributed by atoms with E-state index in [1.54, 1.807) is 0 Å². The average Bonchev–Trinajstić information content (AvgIpc) is 3.16. The molecular weight excluding hydrogens is 330 g/mol. The molecule has 0 aliphatic heterocycles. The maximum Gasteiger partial charge on any atom is 0.333 e. The largest absolute Gasteiger partial charge is 0.333 e. The van der Waals surface area contributed by atoms with Crippen molar-refractivity contribution in [3.05, 3.63) is 53.9 Å². The van der Waals surface area contributed by atoms with Crippen molar-refractivity contribution in [2.24, 2.45) is 0 Å². The fourth-order valence-corrected chi connectivity index (χ4v) is 2.02. The number of aromatic amines is 1. The second kappa shape index (κ2) is 6.14. The molecule has 0 unspecified atom stereocenters. The summed E-state index contributed by atoms with van der Waals surface area (Å²) in [6.07, 6.45) is 1.83. The van der Waals surface area contributed by atoms with Gasteiger partial charge in [0, 0.05) is 12.3 Å². The molecule has 0 aliphatic carbocycles. The van der Waals surface area contributed by atoms with Crippen LogP contribution in [0.2, 0.25) is 0 Å². The molecule has 6 nitrogen and oxygen atoms in total. The summed E-state index contributed by atoms with van der Waals surface area (Å²) in [6.45, 7) is -2.87. The van der Waals surface area contributed by atoms with Crippen molar-refractivity contribution in [2.75, 3.05) is 5.32 Å². The summed E-state index contributed by atoms with van der Waals surface area (Å²) in [5.41, 5.74) is -0.419. The molecule has 0 saturated carbocycles. The molecule has 124 valence electrons. The van der Waals surface area contributed by atoms with Gasteiger partial charge in [0.15, 0.2) is 5.82 Å². The molecule has 0 atom stereocenters. The number of rotatable bonds is 4.